The molecule has 0 bridgehead atoms. The number of piperidine rings is 1. The van der Waals surface area contributed by atoms with E-state index in [1.807, 2.05) is 24.3 Å². The molecule has 0 N–H and O–H groups in total. The van der Waals surface area contributed by atoms with Gasteiger partial charge in [-0.05, 0) is 55.6 Å². The third kappa shape index (κ3) is 4.15. The van der Waals surface area contributed by atoms with Crippen molar-refractivity contribution < 1.29 is 0 Å². The normalized spacial score (nSPS) is 15.4. The van der Waals surface area contributed by atoms with Gasteiger partial charge in [-0.3, -0.25) is 9.69 Å². The molecule has 0 amide bonds. The zero-order valence-electron chi connectivity index (χ0n) is 15.5. The van der Waals surface area contributed by atoms with E-state index in [-0.39, 0.29) is 5.56 Å². The largest absolute Gasteiger partial charge is 0.299 e. The van der Waals surface area contributed by atoms with Gasteiger partial charge in [0.2, 0.25) is 0 Å². The van der Waals surface area contributed by atoms with E-state index in [1.165, 1.54) is 22.6 Å². The number of nitrogens with zero attached hydrogens (tertiary/aromatic N) is 7. The van der Waals surface area contributed by atoms with Gasteiger partial charge in [-0.2, -0.15) is 10.4 Å². The molecule has 8 nitrogen and oxygen atoms in total. The Kier molecular flexibility index (Phi) is 5.26. The summed E-state index contributed by atoms with van der Waals surface area (Å²) in [4.78, 5) is 18.5. The van der Waals surface area contributed by atoms with Crippen molar-refractivity contribution in [3.05, 3.63) is 70.5 Å². The van der Waals surface area contributed by atoms with Gasteiger partial charge in [0.25, 0.3) is 5.56 Å². The molecule has 1 saturated heterocycles. The monoisotopic (exact) mass is 375 g/mol. The lowest BCUT2D eigenvalue weighted by molar-refractivity contribution is 0.163. The predicted molar refractivity (Wildman–Crippen MR) is 103 cm³/mol. The molecule has 0 radical (unpaired) electrons. The molecule has 3 heterocycles. The van der Waals surface area contributed by atoms with Crippen molar-refractivity contribution in [3.8, 4) is 11.9 Å². The molecule has 0 saturated carbocycles. The van der Waals surface area contributed by atoms with E-state index < -0.39 is 0 Å². The number of likely N-dealkylation sites (tertiary alicyclic amines) is 1. The van der Waals surface area contributed by atoms with Crippen molar-refractivity contribution in [1.29, 1.82) is 5.26 Å². The Morgan fingerprint density at radius 3 is 2.57 bits per heavy atom. The highest BCUT2D eigenvalue weighted by Gasteiger charge is 2.20. The van der Waals surface area contributed by atoms with Gasteiger partial charge in [-0.25, -0.2) is 14.3 Å². The highest BCUT2D eigenvalue weighted by atomic mass is 16.1. The van der Waals surface area contributed by atoms with Gasteiger partial charge in [0.15, 0.2) is 5.82 Å². The summed E-state index contributed by atoms with van der Waals surface area (Å²) in [5, 5.41) is 17.4. The second-order valence-electron chi connectivity index (χ2n) is 7.08. The molecule has 8 heteroatoms. The van der Waals surface area contributed by atoms with Crippen LogP contribution in [0, 0.1) is 17.2 Å². The predicted octanol–water partition coefficient (Wildman–Crippen LogP) is 1.61. The first-order valence-electron chi connectivity index (χ1n) is 9.36. The molecule has 28 heavy (non-hydrogen) atoms. The van der Waals surface area contributed by atoms with Gasteiger partial charge in [0, 0.05) is 19.2 Å². The van der Waals surface area contributed by atoms with E-state index in [0.717, 1.165) is 32.5 Å². The summed E-state index contributed by atoms with van der Waals surface area (Å²) in [5.41, 5.74) is 1.81. The molecule has 0 atom stereocenters. The number of hydrogen-bond acceptors (Lipinski definition) is 6. The molecule has 1 fully saturated rings. The van der Waals surface area contributed by atoms with Gasteiger partial charge >= 0.3 is 0 Å². The summed E-state index contributed by atoms with van der Waals surface area (Å²) in [6.07, 6.45) is 5.06. The Morgan fingerprint density at radius 2 is 1.89 bits per heavy atom. The first-order chi connectivity index (χ1) is 13.7. The Labute approximate surface area is 162 Å². The lowest BCUT2D eigenvalue weighted by atomic mass is 9.96. The molecule has 4 rings (SSSR count). The average molecular weight is 375 g/mol. The van der Waals surface area contributed by atoms with Crippen LogP contribution < -0.4 is 5.56 Å². The van der Waals surface area contributed by atoms with E-state index in [4.69, 9.17) is 5.26 Å². The number of benzene rings is 1. The minimum atomic E-state index is -0.0936. The van der Waals surface area contributed by atoms with Gasteiger partial charge in [-0.1, -0.05) is 12.1 Å². The smallest absolute Gasteiger partial charge is 0.266 e. The van der Waals surface area contributed by atoms with Gasteiger partial charge in [0.05, 0.1) is 11.6 Å². The SMILES string of the molecule is N#Cc1ccc(CN2CCC(Cn3nc(-n4cncn4)ccc3=O)CC2)cc1. The van der Waals surface area contributed by atoms with Crippen LogP contribution in [0.25, 0.3) is 5.82 Å². The van der Waals surface area contributed by atoms with Crippen LogP contribution in [0.3, 0.4) is 0 Å². The summed E-state index contributed by atoms with van der Waals surface area (Å²) >= 11 is 0. The molecule has 1 aliphatic rings. The second kappa shape index (κ2) is 8.15. The highest BCUT2D eigenvalue weighted by molar-refractivity contribution is 5.31. The van der Waals surface area contributed by atoms with Crippen molar-refractivity contribution >= 4 is 0 Å². The van der Waals surface area contributed by atoms with Crippen molar-refractivity contribution in [1.82, 2.24) is 29.4 Å². The van der Waals surface area contributed by atoms with Crippen LogP contribution in [0.1, 0.15) is 24.0 Å². The molecule has 2 aromatic heterocycles. The Morgan fingerprint density at radius 1 is 1.11 bits per heavy atom. The minimum absolute atomic E-state index is 0.0936. The van der Waals surface area contributed by atoms with Crippen LogP contribution in [0.2, 0.25) is 0 Å². The third-order valence-corrected chi connectivity index (χ3v) is 5.13. The standard InChI is InChI=1S/C20H21N7O/c21-11-16-1-3-17(4-2-16)12-25-9-7-18(8-10-25)13-26-20(28)6-5-19(24-26)27-15-22-14-23-27/h1-6,14-15,18H,7-10,12-13H2. The summed E-state index contributed by atoms with van der Waals surface area (Å²) in [6, 6.07) is 13.1. The van der Waals surface area contributed by atoms with Crippen LogP contribution in [0.5, 0.6) is 0 Å². The summed E-state index contributed by atoms with van der Waals surface area (Å²) in [5.74, 6) is 1.02. The number of hydrogen-bond donors (Lipinski definition) is 0. The zero-order valence-corrected chi connectivity index (χ0v) is 15.5. The van der Waals surface area contributed by atoms with Crippen LogP contribution >= 0.6 is 0 Å². The molecule has 142 valence electrons. The fourth-order valence-electron chi connectivity index (χ4n) is 3.53. The first kappa shape index (κ1) is 18.1. The molecule has 0 spiro atoms. The average Bonchev–Trinajstić information content (AvgIpc) is 3.26. The lowest BCUT2D eigenvalue weighted by Crippen LogP contribution is -2.36. The van der Waals surface area contributed by atoms with Crippen molar-refractivity contribution in [2.24, 2.45) is 5.92 Å². The van der Waals surface area contributed by atoms with E-state index in [0.29, 0.717) is 23.8 Å². The van der Waals surface area contributed by atoms with E-state index in [1.54, 1.807) is 17.1 Å². The van der Waals surface area contributed by atoms with Crippen LogP contribution in [0.4, 0.5) is 0 Å². The Bertz CT molecular complexity index is 1010. The maximum absolute atomic E-state index is 12.2. The zero-order chi connectivity index (χ0) is 19.3. The second-order valence-corrected chi connectivity index (χ2v) is 7.08. The summed E-state index contributed by atoms with van der Waals surface area (Å²) in [6.45, 7) is 3.48. The van der Waals surface area contributed by atoms with Crippen LogP contribution in [-0.4, -0.2) is 42.5 Å². The summed E-state index contributed by atoms with van der Waals surface area (Å²) in [7, 11) is 0. The van der Waals surface area contributed by atoms with Crippen molar-refractivity contribution in [2.75, 3.05) is 13.1 Å². The molecular weight excluding hydrogens is 354 g/mol. The molecule has 0 aliphatic carbocycles. The van der Waals surface area contributed by atoms with E-state index in [9.17, 15) is 4.79 Å². The fourth-order valence-corrected chi connectivity index (χ4v) is 3.53. The summed E-state index contributed by atoms with van der Waals surface area (Å²) < 4.78 is 3.09. The van der Waals surface area contributed by atoms with Crippen LogP contribution in [0.15, 0.2) is 53.8 Å². The van der Waals surface area contributed by atoms with Crippen molar-refractivity contribution in [3.63, 3.8) is 0 Å². The van der Waals surface area contributed by atoms with Crippen molar-refractivity contribution in [2.45, 2.75) is 25.9 Å². The number of aromatic nitrogens is 5. The molecule has 0 unspecified atom stereocenters. The third-order valence-electron chi connectivity index (χ3n) is 5.13. The number of nitriles is 1. The first-order valence-corrected chi connectivity index (χ1v) is 9.36. The minimum Gasteiger partial charge on any atom is -0.299 e. The Hall–Kier alpha value is -3.31. The molecule has 1 aromatic carbocycles. The lowest BCUT2D eigenvalue weighted by Gasteiger charge is -2.32. The Balaban J connectivity index is 1.35. The maximum atomic E-state index is 12.2. The maximum Gasteiger partial charge on any atom is 0.266 e. The fraction of sp³-hybridized carbons (Fsp3) is 0.350. The van der Waals surface area contributed by atoms with E-state index >= 15 is 0 Å². The highest BCUT2D eigenvalue weighted by Crippen LogP contribution is 2.20. The topological polar surface area (TPSA) is 92.6 Å². The molecule has 1 aliphatic heterocycles. The molecule has 3 aromatic rings. The van der Waals surface area contributed by atoms with E-state index in [2.05, 4.69) is 26.2 Å². The molecular formula is C20H21N7O. The number of rotatable bonds is 5. The van der Waals surface area contributed by atoms with Crippen LogP contribution in [-0.2, 0) is 13.1 Å². The van der Waals surface area contributed by atoms with Gasteiger partial charge < -0.3 is 0 Å². The van der Waals surface area contributed by atoms with Gasteiger partial charge in [0.1, 0.15) is 12.7 Å². The van der Waals surface area contributed by atoms with Gasteiger partial charge in [-0.15, -0.1) is 5.10 Å². The quantitative estimate of drug-likeness (QED) is 0.673.